The van der Waals surface area contributed by atoms with E-state index in [-0.39, 0.29) is 0 Å². The molecule has 1 aromatic heterocycles. The average Bonchev–Trinajstić information content (AvgIpc) is 3.26. The first-order chi connectivity index (χ1) is 17.9. The Morgan fingerprint density at radius 3 is 2.54 bits per heavy atom. The number of benzene rings is 2. The fourth-order valence-corrected chi connectivity index (χ4v) is 5.22. The predicted molar refractivity (Wildman–Crippen MR) is 139 cm³/mol. The number of anilines is 1. The molecule has 1 aliphatic rings. The minimum Gasteiger partial charge on any atom is -0.465 e. The summed E-state index contributed by atoms with van der Waals surface area (Å²) in [5.74, 6) is -2.70. The SMILES string of the molecule is COC(=O)c1c(NC(=O)C(=O)NN=Cc2cccc(OC(=O)c3cccc(C)c3)c2)sc2c1CCCC2. The lowest BCUT2D eigenvalue weighted by Gasteiger charge is -2.11. The summed E-state index contributed by atoms with van der Waals surface area (Å²) in [7, 11) is 1.28. The largest absolute Gasteiger partial charge is 0.465 e. The fraction of sp³-hybridized carbons (Fsp3) is 0.222. The van der Waals surface area contributed by atoms with Gasteiger partial charge in [0.15, 0.2) is 0 Å². The number of ether oxygens (including phenoxy) is 2. The average molecular weight is 520 g/mol. The molecule has 1 heterocycles. The first-order valence-electron chi connectivity index (χ1n) is 11.6. The van der Waals surface area contributed by atoms with Gasteiger partial charge in [0.05, 0.1) is 24.5 Å². The highest BCUT2D eigenvalue weighted by atomic mass is 32.1. The van der Waals surface area contributed by atoms with Crippen molar-refractivity contribution in [1.82, 2.24) is 5.43 Å². The quantitative estimate of drug-likeness (QED) is 0.167. The predicted octanol–water partition coefficient (Wildman–Crippen LogP) is 4.03. The van der Waals surface area contributed by atoms with E-state index in [2.05, 4.69) is 15.8 Å². The highest BCUT2D eigenvalue weighted by Gasteiger charge is 2.28. The number of thiophene rings is 1. The number of hydrogen-bond donors (Lipinski definition) is 2. The molecule has 0 bridgehead atoms. The van der Waals surface area contributed by atoms with Gasteiger partial charge >= 0.3 is 23.8 Å². The highest BCUT2D eigenvalue weighted by molar-refractivity contribution is 7.17. The molecule has 0 saturated carbocycles. The van der Waals surface area contributed by atoms with Gasteiger partial charge in [0, 0.05) is 4.88 Å². The van der Waals surface area contributed by atoms with Crippen LogP contribution in [0.15, 0.2) is 53.6 Å². The molecule has 0 saturated heterocycles. The van der Waals surface area contributed by atoms with Crippen LogP contribution in [-0.4, -0.2) is 37.1 Å². The number of nitrogens with one attached hydrogen (secondary N) is 2. The van der Waals surface area contributed by atoms with Gasteiger partial charge in [-0.15, -0.1) is 11.3 Å². The number of esters is 2. The molecule has 2 N–H and O–H groups in total. The molecular formula is C27H25N3O6S. The van der Waals surface area contributed by atoms with E-state index >= 15 is 0 Å². The molecule has 10 heteroatoms. The number of hydrazone groups is 1. The molecule has 0 spiro atoms. The van der Waals surface area contributed by atoms with Crippen LogP contribution < -0.4 is 15.5 Å². The number of carbonyl (C=O) groups excluding carboxylic acids is 4. The van der Waals surface area contributed by atoms with Gasteiger partial charge in [-0.2, -0.15) is 5.10 Å². The van der Waals surface area contributed by atoms with Gasteiger partial charge in [0.2, 0.25) is 0 Å². The third-order valence-corrected chi connectivity index (χ3v) is 6.90. The summed E-state index contributed by atoms with van der Waals surface area (Å²) in [6, 6.07) is 13.6. The van der Waals surface area contributed by atoms with E-state index in [1.54, 1.807) is 42.5 Å². The molecule has 1 aliphatic carbocycles. The number of carbonyl (C=O) groups is 4. The molecule has 4 rings (SSSR count). The molecule has 2 amide bonds. The monoisotopic (exact) mass is 519 g/mol. The van der Waals surface area contributed by atoms with E-state index < -0.39 is 23.8 Å². The number of amides is 2. The Morgan fingerprint density at radius 2 is 1.76 bits per heavy atom. The van der Waals surface area contributed by atoms with Crippen LogP contribution in [0.5, 0.6) is 5.75 Å². The van der Waals surface area contributed by atoms with Gasteiger partial charge in [-0.1, -0.05) is 29.8 Å². The number of aryl methyl sites for hydroxylation is 2. The lowest BCUT2D eigenvalue weighted by molar-refractivity contribution is -0.136. The zero-order valence-corrected chi connectivity index (χ0v) is 21.1. The van der Waals surface area contributed by atoms with Gasteiger partial charge in [0.25, 0.3) is 0 Å². The van der Waals surface area contributed by atoms with Crippen LogP contribution in [0.2, 0.25) is 0 Å². The number of nitrogens with zero attached hydrogens (tertiary/aromatic N) is 1. The third kappa shape index (κ3) is 6.28. The Kier molecular flexibility index (Phi) is 8.09. The molecule has 2 aromatic carbocycles. The Bertz CT molecular complexity index is 1390. The van der Waals surface area contributed by atoms with E-state index in [9.17, 15) is 19.2 Å². The van der Waals surface area contributed by atoms with Crippen LogP contribution in [0.3, 0.4) is 0 Å². The molecule has 37 heavy (non-hydrogen) atoms. The van der Waals surface area contributed by atoms with E-state index in [1.807, 2.05) is 13.0 Å². The van der Waals surface area contributed by atoms with Crippen molar-refractivity contribution >= 4 is 46.3 Å². The van der Waals surface area contributed by atoms with Crippen LogP contribution in [0.1, 0.15) is 55.1 Å². The number of fused-ring (bicyclic) bond motifs is 1. The van der Waals surface area contributed by atoms with Crippen molar-refractivity contribution in [1.29, 1.82) is 0 Å². The standard InChI is InChI=1S/C27H25N3O6S/c1-16-7-5-9-18(13-16)26(33)36-19-10-6-8-17(14-19)15-28-30-24(32)23(31)29-25-22(27(34)35-2)20-11-3-4-12-21(20)37-25/h5-10,13-15H,3-4,11-12H2,1-2H3,(H,29,31)(H,30,32). The van der Waals surface area contributed by atoms with Crippen LogP contribution >= 0.6 is 11.3 Å². The van der Waals surface area contributed by atoms with E-state index in [1.165, 1.54) is 24.7 Å². The first kappa shape index (κ1) is 25.8. The fourth-order valence-electron chi connectivity index (χ4n) is 3.94. The maximum Gasteiger partial charge on any atom is 0.343 e. The highest BCUT2D eigenvalue weighted by Crippen LogP contribution is 2.38. The van der Waals surface area contributed by atoms with Gasteiger partial charge in [-0.25, -0.2) is 15.0 Å². The zero-order chi connectivity index (χ0) is 26.4. The topological polar surface area (TPSA) is 123 Å². The van der Waals surface area contributed by atoms with Gasteiger partial charge in [0.1, 0.15) is 10.8 Å². The molecule has 0 radical (unpaired) electrons. The van der Waals surface area contributed by atoms with Crippen LogP contribution in [-0.2, 0) is 27.2 Å². The maximum atomic E-state index is 12.5. The summed E-state index contributed by atoms with van der Waals surface area (Å²) >= 11 is 1.28. The lowest BCUT2D eigenvalue weighted by atomic mass is 9.95. The number of methoxy groups -OCH3 is 1. The van der Waals surface area contributed by atoms with Crippen LogP contribution in [0.25, 0.3) is 0 Å². The second-order valence-electron chi connectivity index (χ2n) is 8.39. The van der Waals surface area contributed by atoms with Gasteiger partial charge in [-0.05, 0) is 68.0 Å². The summed E-state index contributed by atoms with van der Waals surface area (Å²) in [6.07, 6.45) is 4.81. The van der Waals surface area contributed by atoms with Crippen molar-refractivity contribution in [2.45, 2.75) is 32.6 Å². The van der Waals surface area contributed by atoms with Gasteiger partial charge < -0.3 is 14.8 Å². The van der Waals surface area contributed by atoms with Crippen molar-refractivity contribution in [3.05, 3.63) is 81.2 Å². The molecule has 0 unspecified atom stereocenters. The van der Waals surface area contributed by atoms with Crippen molar-refractivity contribution in [2.75, 3.05) is 12.4 Å². The second kappa shape index (κ2) is 11.6. The second-order valence-corrected chi connectivity index (χ2v) is 9.50. The molecule has 0 aliphatic heterocycles. The van der Waals surface area contributed by atoms with Crippen LogP contribution in [0.4, 0.5) is 5.00 Å². The van der Waals surface area contributed by atoms with E-state index in [4.69, 9.17) is 9.47 Å². The summed E-state index contributed by atoms with van der Waals surface area (Å²) in [4.78, 5) is 50.5. The Hall–Kier alpha value is -4.31. The minimum absolute atomic E-state index is 0.297. The van der Waals surface area contributed by atoms with Crippen molar-refractivity contribution in [3.63, 3.8) is 0 Å². The Labute approximate surface area is 217 Å². The Morgan fingerprint density at radius 1 is 0.973 bits per heavy atom. The summed E-state index contributed by atoms with van der Waals surface area (Å²) in [6.45, 7) is 1.88. The maximum absolute atomic E-state index is 12.5. The minimum atomic E-state index is -1.000. The van der Waals surface area contributed by atoms with Crippen molar-refractivity contribution in [3.8, 4) is 5.75 Å². The third-order valence-electron chi connectivity index (χ3n) is 5.70. The molecule has 0 atom stereocenters. The van der Waals surface area contributed by atoms with Crippen molar-refractivity contribution < 1.29 is 28.7 Å². The normalized spacial score (nSPS) is 12.5. The molecule has 9 nitrogen and oxygen atoms in total. The van der Waals surface area contributed by atoms with E-state index in [0.29, 0.717) is 27.4 Å². The first-order valence-corrected chi connectivity index (χ1v) is 12.4. The lowest BCUT2D eigenvalue weighted by Crippen LogP contribution is -2.32. The Balaban J connectivity index is 1.37. The smallest absolute Gasteiger partial charge is 0.343 e. The number of rotatable bonds is 6. The van der Waals surface area contributed by atoms with E-state index in [0.717, 1.165) is 41.7 Å². The molecular weight excluding hydrogens is 494 g/mol. The summed E-state index contributed by atoms with van der Waals surface area (Å²) in [5.41, 5.74) is 5.26. The van der Waals surface area contributed by atoms with Crippen LogP contribution in [0, 0.1) is 6.92 Å². The van der Waals surface area contributed by atoms with Gasteiger partial charge in [-0.3, -0.25) is 9.59 Å². The molecule has 190 valence electrons. The zero-order valence-electron chi connectivity index (χ0n) is 20.3. The molecule has 0 fully saturated rings. The number of hydrogen-bond acceptors (Lipinski definition) is 8. The van der Waals surface area contributed by atoms with Crippen molar-refractivity contribution in [2.24, 2.45) is 5.10 Å². The molecule has 3 aromatic rings. The summed E-state index contributed by atoms with van der Waals surface area (Å²) < 4.78 is 10.3. The summed E-state index contributed by atoms with van der Waals surface area (Å²) in [5, 5.41) is 6.63.